The molecule has 0 saturated heterocycles. The topological polar surface area (TPSA) is 53.6 Å². The monoisotopic (exact) mass is 376 g/mol. The number of thiophene rings is 1. The molecule has 6 heteroatoms. The number of fused-ring (bicyclic) bond motifs is 1. The average Bonchev–Trinajstić information content (AvgIpc) is 3.19. The van der Waals surface area contributed by atoms with Crippen molar-refractivity contribution in [3.63, 3.8) is 0 Å². The normalized spacial score (nSPS) is 13.9. The molecular formula is C19H28N4S2. The molecule has 1 aliphatic heterocycles. The Morgan fingerprint density at radius 3 is 2.88 bits per heavy atom. The molecule has 3 N–H and O–H groups in total. The maximum absolute atomic E-state index is 6.11. The highest BCUT2D eigenvalue weighted by molar-refractivity contribution is 7.99. The van der Waals surface area contributed by atoms with E-state index in [0.29, 0.717) is 5.84 Å². The van der Waals surface area contributed by atoms with Crippen LogP contribution in [0.2, 0.25) is 0 Å². The summed E-state index contributed by atoms with van der Waals surface area (Å²) in [5.41, 5.74) is 8.31. The maximum atomic E-state index is 6.11. The van der Waals surface area contributed by atoms with Crippen LogP contribution in [0.5, 0.6) is 0 Å². The summed E-state index contributed by atoms with van der Waals surface area (Å²) in [5, 5.41) is 5.41. The van der Waals surface area contributed by atoms with Crippen LogP contribution in [0.15, 0.2) is 45.6 Å². The highest BCUT2D eigenvalue weighted by Gasteiger charge is 2.17. The fourth-order valence-corrected chi connectivity index (χ4v) is 4.23. The maximum Gasteiger partial charge on any atom is 0.141 e. The number of hydrogen-bond acceptors (Lipinski definition) is 5. The Hall–Kier alpha value is -1.50. The minimum absolute atomic E-state index is 0.586. The van der Waals surface area contributed by atoms with E-state index in [-0.39, 0.29) is 0 Å². The lowest BCUT2D eigenvalue weighted by Gasteiger charge is -2.31. The Morgan fingerprint density at radius 1 is 1.32 bits per heavy atom. The van der Waals surface area contributed by atoms with E-state index in [9.17, 15) is 0 Å². The van der Waals surface area contributed by atoms with Crippen molar-refractivity contribution in [3.8, 4) is 0 Å². The van der Waals surface area contributed by atoms with Crippen molar-refractivity contribution in [3.05, 3.63) is 40.6 Å². The summed E-state index contributed by atoms with van der Waals surface area (Å²) in [5.74, 6) is 1.72. The number of nitrogens with two attached hydrogens (primary N) is 1. The number of hydrogen-bond donors (Lipinski definition) is 2. The molecule has 4 nitrogen and oxygen atoms in total. The van der Waals surface area contributed by atoms with E-state index in [1.165, 1.54) is 10.6 Å². The van der Waals surface area contributed by atoms with Crippen LogP contribution < -0.4 is 16.0 Å². The number of likely N-dealkylation sites (N-methyl/N-ethyl adjacent to an activating group) is 1. The van der Waals surface area contributed by atoms with E-state index in [2.05, 4.69) is 40.3 Å². The van der Waals surface area contributed by atoms with Gasteiger partial charge in [-0.1, -0.05) is 26.8 Å². The molecule has 25 heavy (non-hydrogen) atoms. The summed E-state index contributed by atoms with van der Waals surface area (Å²) in [6, 6.07) is 10.4. The number of thioether (sulfide) groups is 1. The van der Waals surface area contributed by atoms with E-state index in [1.54, 1.807) is 11.3 Å². The Labute approximate surface area is 159 Å². The van der Waals surface area contributed by atoms with Crippen LogP contribution in [0.3, 0.4) is 0 Å². The number of rotatable bonds is 6. The molecule has 136 valence electrons. The fourth-order valence-electron chi connectivity index (χ4n) is 2.57. The van der Waals surface area contributed by atoms with Crippen molar-refractivity contribution in [2.45, 2.75) is 25.7 Å². The van der Waals surface area contributed by atoms with Gasteiger partial charge in [0.25, 0.3) is 0 Å². The van der Waals surface area contributed by atoms with Crippen LogP contribution >= 0.6 is 23.1 Å². The number of aliphatic imine (C=N–C) groups is 1. The summed E-state index contributed by atoms with van der Waals surface area (Å²) < 4.78 is 0. The van der Waals surface area contributed by atoms with Crippen molar-refractivity contribution in [2.75, 3.05) is 36.8 Å². The van der Waals surface area contributed by atoms with E-state index in [1.807, 2.05) is 43.1 Å². The van der Waals surface area contributed by atoms with E-state index >= 15 is 0 Å². The van der Waals surface area contributed by atoms with Crippen LogP contribution in [-0.2, 0) is 0 Å². The zero-order valence-electron chi connectivity index (χ0n) is 15.3. The summed E-state index contributed by atoms with van der Waals surface area (Å²) in [6.45, 7) is 10.3. The van der Waals surface area contributed by atoms with Gasteiger partial charge in [-0.3, -0.25) is 0 Å². The zero-order chi connectivity index (χ0) is 18.1. The molecular weight excluding hydrogens is 348 g/mol. The Bertz CT molecular complexity index is 668. The van der Waals surface area contributed by atoms with Gasteiger partial charge in [-0.2, -0.15) is 0 Å². The highest BCUT2D eigenvalue weighted by Crippen LogP contribution is 2.37. The second kappa shape index (κ2) is 10.5. The number of amidine groups is 1. The minimum atomic E-state index is 0.586. The third-order valence-corrected chi connectivity index (χ3v) is 5.67. The van der Waals surface area contributed by atoms with Gasteiger partial charge in [0.1, 0.15) is 5.84 Å². The lowest BCUT2D eigenvalue weighted by Crippen LogP contribution is -2.35. The average molecular weight is 377 g/mol. The summed E-state index contributed by atoms with van der Waals surface area (Å²) >= 11 is 3.53. The third kappa shape index (κ3) is 5.49. The van der Waals surface area contributed by atoms with Gasteiger partial charge in [0.05, 0.1) is 16.3 Å². The van der Waals surface area contributed by atoms with Gasteiger partial charge < -0.3 is 16.0 Å². The summed E-state index contributed by atoms with van der Waals surface area (Å²) in [4.78, 5) is 9.38. The molecule has 0 amide bonds. The number of benzene rings is 1. The first-order chi connectivity index (χ1) is 12.3. The van der Waals surface area contributed by atoms with Gasteiger partial charge in [-0.25, -0.2) is 4.99 Å². The van der Waals surface area contributed by atoms with Crippen LogP contribution in [0.25, 0.3) is 0 Å². The predicted molar refractivity (Wildman–Crippen MR) is 114 cm³/mol. The van der Waals surface area contributed by atoms with Gasteiger partial charge >= 0.3 is 0 Å². The molecule has 2 heterocycles. The molecule has 3 rings (SSSR count). The number of nitrogens with zero attached hydrogens (tertiary/aromatic N) is 2. The Kier molecular flexibility index (Phi) is 8.31. The van der Waals surface area contributed by atoms with Crippen LogP contribution in [0, 0.1) is 0 Å². The van der Waals surface area contributed by atoms with Gasteiger partial charge in [-0.15, -0.1) is 23.1 Å². The standard InChI is InChI=1S/C17H22N4S2.C2H6/c1-2-19-7-8-21-9-11-23-15-6-5-13(12-14(15)21)20-17(18)16-4-3-10-22-16;1-2/h3-6,10,12,19H,2,7-9,11H2,1H3,(H2,18,20);1-2H3. The largest absolute Gasteiger partial charge is 0.383 e. The van der Waals surface area contributed by atoms with E-state index in [0.717, 1.165) is 42.5 Å². The lowest BCUT2D eigenvalue weighted by atomic mass is 10.2. The molecule has 0 atom stereocenters. The Morgan fingerprint density at radius 2 is 2.16 bits per heavy atom. The van der Waals surface area contributed by atoms with E-state index in [4.69, 9.17) is 5.73 Å². The quantitative estimate of drug-likeness (QED) is 0.447. The third-order valence-electron chi connectivity index (χ3n) is 3.73. The highest BCUT2D eigenvalue weighted by atomic mass is 32.2. The van der Waals surface area contributed by atoms with E-state index < -0.39 is 0 Å². The second-order valence-electron chi connectivity index (χ2n) is 5.32. The van der Waals surface area contributed by atoms with Crippen molar-refractivity contribution < 1.29 is 0 Å². The smallest absolute Gasteiger partial charge is 0.141 e. The summed E-state index contributed by atoms with van der Waals surface area (Å²) in [6.07, 6.45) is 0. The molecule has 2 aromatic rings. The predicted octanol–water partition coefficient (Wildman–Crippen LogP) is 4.33. The molecule has 1 aromatic carbocycles. The molecule has 0 fully saturated rings. The van der Waals surface area contributed by atoms with Crippen molar-refractivity contribution in [1.82, 2.24) is 5.32 Å². The molecule has 0 aliphatic carbocycles. The zero-order valence-corrected chi connectivity index (χ0v) is 16.9. The van der Waals surface area contributed by atoms with Crippen LogP contribution in [-0.4, -0.2) is 37.8 Å². The minimum Gasteiger partial charge on any atom is -0.383 e. The van der Waals surface area contributed by atoms with Gasteiger partial charge in [0.2, 0.25) is 0 Å². The van der Waals surface area contributed by atoms with Crippen LogP contribution in [0.4, 0.5) is 11.4 Å². The molecule has 0 spiro atoms. The first-order valence-electron chi connectivity index (χ1n) is 8.88. The molecule has 0 radical (unpaired) electrons. The molecule has 0 saturated carbocycles. The lowest BCUT2D eigenvalue weighted by molar-refractivity contribution is 0.685. The molecule has 1 aliphatic rings. The fraction of sp³-hybridized carbons (Fsp3) is 0.421. The van der Waals surface area contributed by atoms with Gasteiger partial charge in [0, 0.05) is 30.3 Å². The summed E-state index contributed by atoms with van der Waals surface area (Å²) in [7, 11) is 0. The molecule has 0 bridgehead atoms. The number of anilines is 1. The Balaban J connectivity index is 0.00000109. The first-order valence-corrected chi connectivity index (χ1v) is 10.7. The van der Waals surface area contributed by atoms with Crippen molar-refractivity contribution >= 4 is 40.3 Å². The first kappa shape index (κ1) is 19.8. The van der Waals surface area contributed by atoms with Crippen LogP contribution in [0.1, 0.15) is 25.6 Å². The van der Waals surface area contributed by atoms with Gasteiger partial charge in [0.15, 0.2) is 0 Å². The SMILES string of the molecule is CC.CCNCCN1CCSc2ccc(N=C(N)c3cccs3)cc21. The molecule has 0 unspecified atom stereocenters. The molecule has 1 aromatic heterocycles. The van der Waals surface area contributed by atoms with Gasteiger partial charge in [-0.05, 0) is 36.2 Å². The second-order valence-corrected chi connectivity index (χ2v) is 7.40. The number of nitrogens with one attached hydrogen (secondary N) is 1. The van der Waals surface area contributed by atoms with Crippen molar-refractivity contribution in [2.24, 2.45) is 10.7 Å². The van der Waals surface area contributed by atoms with Crippen molar-refractivity contribution in [1.29, 1.82) is 0 Å².